The Morgan fingerprint density at radius 1 is 0.926 bits per heavy atom. The van der Waals surface area contributed by atoms with Crippen LogP contribution in [0.1, 0.15) is 27.2 Å². The lowest BCUT2D eigenvalue weighted by Crippen LogP contribution is -2.53. The summed E-state index contributed by atoms with van der Waals surface area (Å²) in [6.45, 7) is 11.1. The van der Waals surface area contributed by atoms with Crippen molar-refractivity contribution in [2.45, 2.75) is 32.8 Å². The second-order valence-corrected chi connectivity index (χ2v) is 7.83. The number of carbonyl (C=O) groups excluding carboxylic acids is 3. The molecule has 2 rings (SSSR count). The Morgan fingerprint density at radius 2 is 1.48 bits per heavy atom. The molecule has 0 aliphatic carbocycles. The average molecular weight is 384 g/mol. The maximum atomic E-state index is 12.4. The van der Waals surface area contributed by atoms with E-state index in [9.17, 15) is 14.4 Å². The van der Waals surface area contributed by atoms with Crippen molar-refractivity contribution in [2.24, 2.45) is 0 Å². The van der Waals surface area contributed by atoms with Gasteiger partial charge in [0.15, 0.2) is 0 Å². The van der Waals surface area contributed by atoms with Gasteiger partial charge in [-0.15, -0.1) is 0 Å². The van der Waals surface area contributed by atoms with Gasteiger partial charge < -0.3 is 24.6 Å². The highest BCUT2D eigenvalue weighted by Gasteiger charge is 2.25. The van der Waals surface area contributed by atoms with Crippen LogP contribution in [0, 0.1) is 0 Å². The van der Waals surface area contributed by atoms with E-state index in [1.165, 1.54) is 0 Å². The van der Waals surface area contributed by atoms with Crippen LogP contribution in [0.4, 0.5) is 4.79 Å². The lowest BCUT2D eigenvalue weighted by molar-refractivity contribution is -0.140. The van der Waals surface area contributed by atoms with Crippen LogP contribution in [0.2, 0.25) is 0 Å². The third-order valence-corrected chi connectivity index (χ3v) is 4.45. The normalized spacial score (nSPS) is 18.9. The second-order valence-electron chi connectivity index (χ2n) is 7.83. The topological polar surface area (TPSA) is 91.4 Å². The molecule has 1 N–H and O–H groups in total. The van der Waals surface area contributed by atoms with Crippen LogP contribution in [0.25, 0.3) is 0 Å². The van der Waals surface area contributed by atoms with Crippen molar-refractivity contribution >= 4 is 17.9 Å². The maximum absolute atomic E-state index is 12.4. The Bertz CT molecular complexity index is 520. The Balaban J connectivity index is 1.63. The largest absolute Gasteiger partial charge is 0.444 e. The van der Waals surface area contributed by atoms with Crippen molar-refractivity contribution in [1.29, 1.82) is 0 Å². The van der Waals surface area contributed by atoms with Gasteiger partial charge in [-0.05, 0) is 20.8 Å². The molecule has 27 heavy (non-hydrogen) atoms. The zero-order chi connectivity index (χ0) is 19.9. The second kappa shape index (κ2) is 9.89. The summed E-state index contributed by atoms with van der Waals surface area (Å²) >= 11 is 0. The monoisotopic (exact) mass is 384 g/mol. The van der Waals surface area contributed by atoms with Crippen molar-refractivity contribution < 1.29 is 23.9 Å². The highest BCUT2D eigenvalue weighted by molar-refractivity contribution is 5.80. The molecule has 2 fully saturated rings. The van der Waals surface area contributed by atoms with Crippen molar-refractivity contribution in [3.05, 3.63) is 0 Å². The summed E-state index contributed by atoms with van der Waals surface area (Å²) < 4.78 is 10.4. The number of hydrogen-bond donors (Lipinski definition) is 1. The quantitative estimate of drug-likeness (QED) is 0.712. The lowest BCUT2D eigenvalue weighted by atomic mass is 10.2. The first-order valence-corrected chi connectivity index (χ1v) is 9.57. The number of ether oxygens (including phenoxy) is 2. The molecular formula is C18H32N4O5. The average Bonchev–Trinajstić information content (AvgIpc) is 2.61. The fourth-order valence-electron chi connectivity index (χ4n) is 3.00. The molecular weight excluding hydrogens is 352 g/mol. The van der Waals surface area contributed by atoms with E-state index in [0.29, 0.717) is 45.9 Å². The minimum atomic E-state index is -0.557. The standard InChI is InChI=1S/C18H32N4O5/c1-18(2,3)27-17(25)19-5-4-15(23)21-6-8-22(9-7-21)16(24)14-20-10-12-26-13-11-20/h4-14H2,1-3H3,(H,19,25). The Kier molecular flexibility index (Phi) is 7.85. The lowest BCUT2D eigenvalue weighted by Gasteiger charge is -2.36. The molecule has 2 aliphatic heterocycles. The Hall–Kier alpha value is -1.87. The van der Waals surface area contributed by atoms with Gasteiger partial charge in [-0.1, -0.05) is 0 Å². The van der Waals surface area contributed by atoms with E-state index in [0.717, 1.165) is 13.1 Å². The van der Waals surface area contributed by atoms with Gasteiger partial charge in [-0.3, -0.25) is 14.5 Å². The zero-order valence-electron chi connectivity index (χ0n) is 16.7. The van der Waals surface area contributed by atoms with E-state index >= 15 is 0 Å². The van der Waals surface area contributed by atoms with Gasteiger partial charge in [0.2, 0.25) is 11.8 Å². The number of nitrogens with zero attached hydrogens (tertiary/aromatic N) is 3. The van der Waals surface area contributed by atoms with Crippen LogP contribution in [-0.4, -0.2) is 104 Å². The number of rotatable bonds is 5. The molecule has 0 unspecified atom stereocenters. The fourth-order valence-corrected chi connectivity index (χ4v) is 3.00. The summed E-state index contributed by atoms with van der Waals surface area (Å²) in [6.07, 6.45) is -0.296. The van der Waals surface area contributed by atoms with Crippen LogP contribution >= 0.6 is 0 Å². The molecule has 0 spiro atoms. The van der Waals surface area contributed by atoms with Crippen LogP contribution < -0.4 is 5.32 Å². The van der Waals surface area contributed by atoms with E-state index < -0.39 is 11.7 Å². The van der Waals surface area contributed by atoms with E-state index in [4.69, 9.17) is 9.47 Å². The summed E-state index contributed by atoms with van der Waals surface area (Å²) in [6, 6.07) is 0. The number of alkyl carbamates (subject to hydrolysis) is 1. The van der Waals surface area contributed by atoms with Crippen LogP contribution in [0.15, 0.2) is 0 Å². The van der Waals surface area contributed by atoms with E-state index in [-0.39, 0.29) is 24.8 Å². The van der Waals surface area contributed by atoms with Crippen LogP contribution in [-0.2, 0) is 19.1 Å². The summed E-state index contributed by atoms with van der Waals surface area (Å²) in [4.78, 5) is 41.9. The van der Waals surface area contributed by atoms with Gasteiger partial charge in [0.25, 0.3) is 0 Å². The third kappa shape index (κ3) is 7.72. The molecule has 2 saturated heterocycles. The van der Waals surface area contributed by atoms with E-state index in [2.05, 4.69) is 10.2 Å². The molecule has 154 valence electrons. The Labute approximate surface area is 160 Å². The van der Waals surface area contributed by atoms with E-state index in [1.807, 2.05) is 4.90 Å². The summed E-state index contributed by atoms with van der Waals surface area (Å²) in [5, 5.41) is 2.59. The van der Waals surface area contributed by atoms with Crippen molar-refractivity contribution in [3.8, 4) is 0 Å². The van der Waals surface area contributed by atoms with Gasteiger partial charge in [-0.2, -0.15) is 0 Å². The van der Waals surface area contributed by atoms with Crippen molar-refractivity contribution in [3.63, 3.8) is 0 Å². The SMILES string of the molecule is CC(C)(C)OC(=O)NCCC(=O)N1CCN(C(=O)CN2CCOCC2)CC1. The summed E-state index contributed by atoms with van der Waals surface area (Å²) in [5.74, 6) is 0.0851. The first kappa shape index (κ1) is 21.4. The fraction of sp³-hybridized carbons (Fsp3) is 0.833. The van der Waals surface area contributed by atoms with Gasteiger partial charge in [0.05, 0.1) is 19.8 Å². The number of nitrogens with one attached hydrogen (secondary N) is 1. The van der Waals surface area contributed by atoms with Crippen molar-refractivity contribution in [2.75, 3.05) is 65.6 Å². The first-order valence-electron chi connectivity index (χ1n) is 9.57. The molecule has 2 heterocycles. The molecule has 0 radical (unpaired) electrons. The number of morpholine rings is 1. The number of carbonyl (C=O) groups is 3. The van der Waals surface area contributed by atoms with Crippen LogP contribution in [0.3, 0.4) is 0 Å². The Morgan fingerprint density at radius 3 is 2.04 bits per heavy atom. The molecule has 0 bridgehead atoms. The summed E-state index contributed by atoms with van der Waals surface area (Å²) in [7, 11) is 0. The van der Waals surface area contributed by atoms with Crippen LogP contribution in [0.5, 0.6) is 0 Å². The maximum Gasteiger partial charge on any atom is 0.407 e. The van der Waals surface area contributed by atoms with Gasteiger partial charge in [0, 0.05) is 52.2 Å². The molecule has 2 aliphatic rings. The molecule has 9 nitrogen and oxygen atoms in total. The molecule has 0 saturated carbocycles. The minimum Gasteiger partial charge on any atom is -0.444 e. The van der Waals surface area contributed by atoms with Gasteiger partial charge in [-0.25, -0.2) is 4.79 Å². The minimum absolute atomic E-state index is 0.0219. The van der Waals surface area contributed by atoms with Gasteiger partial charge in [0.1, 0.15) is 5.60 Å². The number of hydrogen-bond acceptors (Lipinski definition) is 6. The number of amides is 3. The predicted octanol–water partition coefficient (Wildman–Crippen LogP) is -0.0958. The molecule has 0 atom stereocenters. The molecule has 0 aromatic rings. The smallest absolute Gasteiger partial charge is 0.407 e. The highest BCUT2D eigenvalue weighted by atomic mass is 16.6. The number of piperazine rings is 1. The van der Waals surface area contributed by atoms with Gasteiger partial charge >= 0.3 is 6.09 Å². The predicted molar refractivity (Wildman–Crippen MR) is 99.3 cm³/mol. The first-order chi connectivity index (χ1) is 12.7. The molecule has 0 aromatic carbocycles. The molecule has 3 amide bonds. The zero-order valence-corrected chi connectivity index (χ0v) is 16.7. The summed E-state index contributed by atoms with van der Waals surface area (Å²) in [5.41, 5.74) is -0.557. The molecule has 9 heteroatoms. The van der Waals surface area contributed by atoms with Crippen molar-refractivity contribution in [1.82, 2.24) is 20.0 Å². The van der Waals surface area contributed by atoms with E-state index in [1.54, 1.807) is 25.7 Å². The third-order valence-electron chi connectivity index (χ3n) is 4.45. The highest BCUT2D eigenvalue weighted by Crippen LogP contribution is 2.08. The molecule has 0 aromatic heterocycles.